The zero-order chi connectivity index (χ0) is 18.9. The van der Waals surface area contributed by atoms with Gasteiger partial charge in [0.25, 0.3) is 0 Å². The quantitative estimate of drug-likeness (QED) is 0.483. The van der Waals surface area contributed by atoms with Crippen LogP contribution in [0, 0.1) is 0 Å². The van der Waals surface area contributed by atoms with E-state index in [9.17, 15) is 13.2 Å². The Morgan fingerprint density at radius 2 is 1.78 bits per heavy atom. The van der Waals surface area contributed by atoms with E-state index in [1.54, 1.807) is 16.9 Å². The van der Waals surface area contributed by atoms with Gasteiger partial charge in [0, 0.05) is 23.7 Å². The molecule has 4 aromatic rings. The number of thioether (sulfide) groups is 1. The molecule has 0 bridgehead atoms. The maximum absolute atomic E-state index is 12.6. The van der Waals surface area contributed by atoms with Crippen molar-refractivity contribution in [3.8, 4) is 11.3 Å². The van der Waals surface area contributed by atoms with Crippen molar-refractivity contribution in [3.63, 3.8) is 0 Å². The number of nitrogens with zero attached hydrogens (tertiary/aromatic N) is 5. The molecule has 5 nitrogen and oxygen atoms in total. The molecule has 0 atom stereocenters. The predicted molar refractivity (Wildman–Crippen MR) is 95.0 cm³/mol. The van der Waals surface area contributed by atoms with Gasteiger partial charge in [-0.15, -0.1) is 10.2 Å². The molecule has 0 saturated heterocycles. The highest BCUT2D eigenvalue weighted by Gasteiger charge is 2.29. The van der Waals surface area contributed by atoms with Crippen LogP contribution < -0.4 is 0 Å². The molecule has 0 radical (unpaired) electrons. The molecule has 0 aliphatic heterocycles. The third-order valence-electron chi connectivity index (χ3n) is 3.84. The van der Waals surface area contributed by atoms with Gasteiger partial charge in [0.05, 0.1) is 11.3 Å². The first-order valence-electron chi connectivity index (χ1n) is 7.92. The molecule has 27 heavy (non-hydrogen) atoms. The summed E-state index contributed by atoms with van der Waals surface area (Å²) in [5.41, 5.74) is 2.29. The van der Waals surface area contributed by atoms with Gasteiger partial charge in [0.15, 0.2) is 5.65 Å². The number of rotatable bonds is 4. The zero-order valence-electron chi connectivity index (χ0n) is 13.8. The van der Waals surface area contributed by atoms with Crippen molar-refractivity contribution in [2.75, 3.05) is 0 Å². The number of benzene rings is 1. The van der Waals surface area contributed by atoms with Crippen LogP contribution in [-0.2, 0) is 11.9 Å². The van der Waals surface area contributed by atoms with E-state index in [0.29, 0.717) is 16.6 Å². The van der Waals surface area contributed by atoms with Crippen molar-refractivity contribution >= 4 is 17.4 Å². The Kier molecular flexibility index (Phi) is 4.53. The third-order valence-corrected chi connectivity index (χ3v) is 4.83. The van der Waals surface area contributed by atoms with Crippen LogP contribution >= 0.6 is 11.8 Å². The van der Waals surface area contributed by atoms with E-state index in [1.807, 2.05) is 24.3 Å². The number of pyridine rings is 1. The summed E-state index contributed by atoms with van der Waals surface area (Å²) >= 11 is 1.36. The van der Waals surface area contributed by atoms with E-state index < -0.39 is 11.7 Å². The molecular formula is C18H12F3N5S. The molecular weight excluding hydrogens is 375 g/mol. The number of fused-ring (bicyclic) bond motifs is 1. The second-order valence-corrected chi connectivity index (χ2v) is 6.64. The van der Waals surface area contributed by atoms with Crippen LogP contribution in [0.15, 0.2) is 66.1 Å². The fraction of sp³-hybridized carbons (Fsp3) is 0.111. The fourth-order valence-corrected chi connectivity index (χ4v) is 3.31. The van der Waals surface area contributed by atoms with Gasteiger partial charge in [0.1, 0.15) is 0 Å². The van der Waals surface area contributed by atoms with Crippen LogP contribution in [-0.4, -0.2) is 24.8 Å². The van der Waals surface area contributed by atoms with Crippen molar-refractivity contribution in [3.05, 3.63) is 72.1 Å². The molecule has 0 fully saturated rings. The van der Waals surface area contributed by atoms with Crippen molar-refractivity contribution in [1.82, 2.24) is 24.8 Å². The van der Waals surface area contributed by atoms with E-state index in [4.69, 9.17) is 0 Å². The number of halogens is 3. The molecule has 9 heteroatoms. The van der Waals surface area contributed by atoms with Crippen LogP contribution in [0.2, 0.25) is 0 Å². The van der Waals surface area contributed by atoms with E-state index >= 15 is 0 Å². The van der Waals surface area contributed by atoms with Gasteiger partial charge < -0.3 is 0 Å². The molecule has 0 aliphatic carbocycles. The zero-order valence-corrected chi connectivity index (χ0v) is 14.6. The standard InChI is InChI=1S/C18H12F3N5S/c19-18(20,21)14-5-3-12(4-6-14)11-27-17-24-23-16-8-7-15(25-26(16)17)13-2-1-9-22-10-13/h1-10H,11H2. The van der Waals surface area contributed by atoms with E-state index in [2.05, 4.69) is 20.3 Å². The van der Waals surface area contributed by atoms with Gasteiger partial charge in [-0.2, -0.15) is 22.8 Å². The highest BCUT2D eigenvalue weighted by atomic mass is 32.2. The van der Waals surface area contributed by atoms with Crippen LogP contribution in [0.4, 0.5) is 13.2 Å². The van der Waals surface area contributed by atoms with Crippen molar-refractivity contribution in [2.24, 2.45) is 0 Å². The lowest BCUT2D eigenvalue weighted by molar-refractivity contribution is -0.137. The molecule has 0 N–H and O–H groups in total. The molecule has 0 unspecified atom stereocenters. The molecule has 0 amide bonds. The molecule has 0 aliphatic rings. The van der Waals surface area contributed by atoms with E-state index in [0.717, 1.165) is 29.0 Å². The Balaban J connectivity index is 1.55. The van der Waals surface area contributed by atoms with Crippen LogP contribution in [0.25, 0.3) is 16.9 Å². The highest BCUT2D eigenvalue weighted by Crippen LogP contribution is 2.30. The normalized spacial score (nSPS) is 11.8. The van der Waals surface area contributed by atoms with Gasteiger partial charge in [-0.25, -0.2) is 0 Å². The fourth-order valence-electron chi connectivity index (χ4n) is 2.47. The Morgan fingerprint density at radius 3 is 2.48 bits per heavy atom. The number of aromatic nitrogens is 5. The van der Waals surface area contributed by atoms with Gasteiger partial charge in [0.2, 0.25) is 5.16 Å². The molecule has 3 heterocycles. The largest absolute Gasteiger partial charge is 0.416 e. The second-order valence-electron chi connectivity index (χ2n) is 5.70. The molecule has 136 valence electrons. The van der Waals surface area contributed by atoms with Crippen molar-refractivity contribution in [1.29, 1.82) is 0 Å². The summed E-state index contributed by atoms with van der Waals surface area (Å²) in [6.07, 6.45) is -0.929. The first kappa shape index (κ1) is 17.5. The summed E-state index contributed by atoms with van der Waals surface area (Å²) in [5, 5.41) is 13.3. The maximum Gasteiger partial charge on any atom is 0.416 e. The third kappa shape index (κ3) is 3.77. The summed E-state index contributed by atoms with van der Waals surface area (Å²) in [7, 11) is 0. The van der Waals surface area contributed by atoms with Crippen LogP contribution in [0.1, 0.15) is 11.1 Å². The molecule has 4 rings (SSSR count). The van der Waals surface area contributed by atoms with Gasteiger partial charge in [-0.3, -0.25) is 4.98 Å². The Bertz CT molecular complexity index is 1060. The predicted octanol–water partition coefficient (Wildman–Crippen LogP) is 4.50. The maximum atomic E-state index is 12.6. The second kappa shape index (κ2) is 6.99. The average Bonchev–Trinajstić information content (AvgIpc) is 3.09. The number of hydrogen-bond acceptors (Lipinski definition) is 5. The van der Waals surface area contributed by atoms with E-state index in [1.165, 1.54) is 23.9 Å². The molecule has 0 spiro atoms. The van der Waals surface area contributed by atoms with Crippen LogP contribution in [0.3, 0.4) is 0 Å². The molecule has 3 aromatic heterocycles. The Labute approximate surface area is 156 Å². The number of alkyl halides is 3. The lowest BCUT2D eigenvalue weighted by Crippen LogP contribution is -2.04. The summed E-state index contributed by atoms with van der Waals surface area (Å²) in [4.78, 5) is 4.09. The van der Waals surface area contributed by atoms with Gasteiger partial charge in [-0.05, 0) is 42.0 Å². The Morgan fingerprint density at radius 1 is 0.963 bits per heavy atom. The van der Waals surface area contributed by atoms with Crippen molar-refractivity contribution < 1.29 is 13.2 Å². The lowest BCUT2D eigenvalue weighted by atomic mass is 10.1. The summed E-state index contributed by atoms with van der Waals surface area (Å²) in [6, 6.07) is 12.5. The molecule has 1 aromatic carbocycles. The number of hydrogen-bond donors (Lipinski definition) is 0. The summed E-state index contributed by atoms with van der Waals surface area (Å²) in [6.45, 7) is 0. The minimum absolute atomic E-state index is 0.456. The smallest absolute Gasteiger partial charge is 0.264 e. The van der Waals surface area contributed by atoms with E-state index in [-0.39, 0.29) is 0 Å². The SMILES string of the molecule is FC(F)(F)c1ccc(CSc2nnc3ccc(-c4cccnc4)nn23)cc1. The minimum Gasteiger partial charge on any atom is -0.264 e. The summed E-state index contributed by atoms with van der Waals surface area (Å²) < 4.78 is 39.5. The summed E-state index contributed by atoms with van der Waals surface area (Å²) in [5.74, 6) is 0.456. The first-order valence-corrected chi connectivity index (χ1v) is 8.91. The highest BCUT2D eigenvalue weighted by molar-refractivity contribution is 7.98. The monoisotopic (exact) mass is 387 g/mol. The lowest BCUT2D eigenvalue weighted by Gasteiger charge is -2.07. The van der Waals surface area contributed by atoms with Crippen molar-refractivity contribution in [2.45, 2.75) is 17.1 Å². The average molecular weight is 387 g/mol. The first-order chi connectivity index (χ1) is 13.0. The molecule has 0 saturated carbocycles. The van der Waals surface area contributed by atoms with Gasteiger partial charge in [-0.1, -0.05) is 23.9 Å². The van der Waals surface area contributed by atoms with Gasteiger partial charge >= 0.3 is 6.18 Å². The van der Waals surface area contributed by atoms with Crippen LogP contribution in [0.5, 0.6) is 0 Å². The minimum atomic E-state index is -4.33. The topological polar surface area (TPSA) is 56.0 Å². The Hall–Kier alpha value is -2.94.